The highest BCUT2D eigenvalue weighted by atomic mass is 32.2. The molecule has 102 valence electrons. The van der Waals surface area contributed by atoms with Gasteiger partial charge in [-0.05, 0) is 55.9 Å². The molecule has 1 saturated carbocycles. The fourth-order valence-corrected chi connectivity index (χ4v) is 5.05. The fraction of sp³-hybridized carbons (Fsp3) is 0.533. The van der Waals surface area contributed by atoms with Crippen molar-refractivity contribution in [3.8, 4) is 6.07 Å². The first kappa shape index (κ1) is 14.1. The van der Waals surface area contributed by atoms with Crippen LogP contribution in [0.5, 0.6) is 0 Å². The van der Waals surface area contributed by atoms with E-state index in [0.717, 1.165) is 24.0 Å². The molecule has 0 bridgehead atoms. The Hall–Kier alpha value is -1.34. The molecule has 19 heavy (non-hydrogen) atoms. The Bertz CT molecular complexity index is 643. The standard InChI is InChI=1S/C15H19NO2S/c1-11-6-7-14(9-12(11)2)19(17,18)15(10-16)8-4-5-13(15)3/h6-7,9,13H,4-5,8H2,1-3H3. The molecule has 0 amide bonds. The Morgan fingerprint density at radius 1 is 1.32 bits per heavy atom. The highest BCUT2D eigenvalue weighted by Gasteiger charge is 2.52. The summed E-state index contributed by atoms with van der Waals surface area (Å²) >= 11 is 0. The minimum absolute atomic E-state index is 0.107. The van der Waals surface area contributed by atoms with Gasteiger partial charge in [-0.2, -0.15) is 5.26 Å². The SMILES string of the molecule is Cc1ccc(S(=O)(=O)C2(C#N)CCCC2C)cc1C. The van der Waals surface area contributed by atoms with E-state index in [1.165, 1.54) is 0 Å². The lowest BCUT2D eigenvalue weighted by atomic mass is 9.99. The van der Waals surface area contributed by atoms with Crippen LogP contribution in [0.1, 0.15) is 37.3 Å². The van der Waals surface area contributed by atoms with Crippen molar-refractivity contribution in [1.82, 2.24) is 0 Å². The summed E-state index contributed by atoms with van der Waals surface area (Å²) in [6, 6.07) is 7.24. The summed E-state index contributed by atoms with van der Waals surface area (Å²) in [7, 11) is -3.60. The molecule has 0 heterocycles. The first-order valence-electron chi connectivity index (χ1n) is 6.58. The first-order valence-corrected chi connectivity index (χ1v) is 8.06. The van der Waals surface area contributed by atoms with Gasteiger partial charge >= 0.3 is 0 Å². The number of benzene rings is 1. The van der Waals surface area contributed by atoms with E-state index in [2.05, 4.69) is 6.07 Å². The zero-order valence-corrected chi connectivity index (χ0v) is 12.4. The van der Waals surface area contributed by atoms with Gasteiger partial charge in [0.2, 0.25) is 0 Å². The molecule has 0 N–H and O–H groups in total. The molecule has 0 radical (unpaired) electrons. The maximum Gasteiger partial charge on any atom is 0.197 e. The quantitative estimate of drug-likeness (QED) is 0.834. The maximum atomic E-state index is 12.8. The Labute approximate surface area is 115 Å². The van der Waals surface area contributed by atoms with Crippen LogP contribution in [0.25, 0.3) is 0 Å². The molecular weight excluding hydrogens is 258 g/mol. The molecule has 0 aliphatic heterocycles. The molecule has 0 aromatic heterocycles. The summed E-state index contributed by atoms with van der Waals surface area (Å²) in [5.74, 6) is -0.107. The lowest BCUT2D eigenvalue weighted by Gasteiger charge is -2.26. The van der Waals surface area contributed by atoms with Crippen LogP contribution in [0.15, 0.2) is 23.1 Å². The van der Waals surface area contributed by atoms with E-state index < -0.39 is 14.6 Å². The minimum atomic E-state index is -3.60. The number of rotatable bonds is 2. The molecule has 0 saturated heterocycles. The van der Waals surface area contributed by atoms with Gasteiger partial charge in [0.05, 0.1) is 11.0 Å². The van der Waals surface area contributed by atoms with E-state index in [-0.39, 0.29) is 10.8 Å². The second kappa shape index (κ2) is 4.64. The molecule has 1 aliphatic carbocycles. The van der Waals surface area contributed by atoms with Crippen LogP contribution in [0.4, 0.5) is 0 Å². The van der Waals surface area contributed by atoms with Gasteiger partial charge in [-0.15, -0.1) is 0 Å². The second-order valence-electron chi connectivity index (χ2n) is 5.54. The number of hydrogen-bond acceptors (Lipinski definition) is 3. The first-order chi connectivity index (χ1) is 8.85. The highest BCUT2D eigenvalue weighted by molar-refractivity contribution is 7.93. The van der Waals surface area contributed by atoms with Crippen molar-refractivity contribution in [1.29, 1.82) is 5.26 Å². The molecule has 1 aliphatic rings. The van der Waals surface area contributed by atoms with Gasteiger partial charge in [0.25, 0.3) is 0 Å². The Balaban J connectivity index is 2.59. The van der Waals surface area contributed by atoms with Gasteiger partial charge < -0.3 is 0 Å². The maximum absolute atomic E-state index is 12.8. The van der Waals surface area contributed by atoms with Crippen molar-refractivity contribution in [2.24, 2.45) is 5.92 Å². The summed E-state index contributed by atoms with van der Waals surface area (Å²) in [5.41, 5.74) is 2.00. The lowest BCUT2D eigenvalue weighted by Crippen LogP contribution is -2.39. The van der Waals surface area contributed by atoms with Crippen molar-refractivity contribution in [2.45, 2.75) is 49.7 Å². The average Bonchev–Trinajstić information content (AvgIpc) is 2.75. The number of nitrogens with zero attached hydrogens (tertiary/aromatic N) is 1. The Morgan fingerprint density at radius 3 is 2.47 bits per heavy atom. The number of hydrogen-bond donors (Lipinski definition) is 0. The monoisotopic (exact) mass is 277 g/mol. The van der Waals surface area contributed by atoms with Crippen LogP contribution >= 0.6 is 0 Å². The van der Waals surface area contributed by atoms with Crippen molar-refractivity contribution < 1.29 is 8.42 Å². The number of nitriles is 1. The van der Waals surface area contributed by atoms with E-state index in [1.807, 2.05) is 26.8 Å². The fourth-order valence-electron chi connectivity index (χ4n) is 2.87. The number of sulfone groups is 1. The highest BCUT2D eigenvalue weighted by Crippen LogP contribution is 2.44. The predicted molar refractivity (Wildman–Crippen MR) is 74.5 cm³/mol. The van der Waals surface area contributed by atoms with Gasteiger partial charge in [-0.1, -0.05) is 19.4 Å². The second-order valence-corrected chi connectivity index (χ2v) is 7.75. The van der Waals surface area contributed by atoms with Gasteiger partial charge in [0.1, 0.15) is 0 Å². The van der Waals surface area contributed by atoms with Crippen molar-refractivity contribution in [3.63, 3.8) is 0 Å². The van der Waals surface area contributed by atoms with E-state index in [0.29, 0.717) is 6.42 Å². The zero-order chi connectivity index (χ0) is 14.3. The Morgan fingerprint density at radius 2 is 2.00 bits per heavy atom. The predicted octanol–water partition coefficient (Wildman–Crippen LogP) is 3.16. The third kappa shape index (κ3) is 1.97. The van der Waals surface area contributed by atoms with Crippen molar-refractivity contribution in [2.75, 3.05) is 0 Å². The minimum Gasteiger partial charge on any atom is -0.222 e. The molecule has 3 nitrogen and oxygen atoms in total. The van der Waals surface area contributed by atoms with E-state index in [1.54, 1.807) is 12.1 Å². The smallest absolute Gasteiger partial charge is 0.197 e. The van der Waals surface area contributed by atoms with E-state index in [4.69, 9.17) is 0 Å². The largest absolute Gasteiger partial charge is 0.222 e. The molecule has 1 fully saturated rings. The lowest BCUT2D eigenvalue weighted by molar-refractivity contribution is 0.494. The van der Waals surface area contributed by atoms with Gasteiger partial charge in [0.15, 0.2) is 14.6 Å². The van der Waals surface area contributed by atoms with E-state index in [9.17, 15) is 13.7 Å². The molecule has 2 rings (SSSR count). The summed E-state index contributed by atoms with van der Waals surface area (Å²) in [4.78, 5) is 0.283. The van der Waals surface area contributed by atoms with Crippen LogP contribution in [-0.2, 0) is 9.84 Å². The topological polar surface area (TPSA) is 57.9 Å². The number of aryl methyl sites for hydroxylation is 2. The third-order valence-electron chi connectivity index (χ3n) is 4.44. The van der Waals surface area contributed by atoms with Crippen molar-refractivity contribution >= 4 is 9.84 Å². The molecule has 1 aromatic rings. The molecule has 1 aromatic carbocycles. The van der Waals surface area contributed by atoms with Crippen molar-refractivity contribution in [3.05, 3.63) is 29.3 Å². The van der Waals surface area contributed by atoms with Gasteiger partial charge in [-0.25, -0.2) is 8.42 Å². The van der Waals surface area contributed by atoms with Gasteiger partial charge in [0, 0.05) is 0 Å². The summed E-state index contributed by atoms with van der Waals surface area (Å²) < 4.78 is 24.4. The molecule has 2 unspecified atom stereocenters. The summed E-state index contributed by atoms with van der Waals surface area (Å²) in [5, 5.41) is 9.48. The van der Waals surface area contributed by atoms with Crippen LogP contribution in [0, 0.1) is 31.1 Å². The molecule has 0 spiro atoms. The zero-order valence-electron chi connectivity index (χ0n) is 11.6. The van der Waals surface area contributed by atoms with Gasteiger partial charge in [-0.3, -0.25) is 0 Å². The summed E-state index contributed by atoms with van der Waals surface area (Å²) in [6.45, 7) is 5.71. The Kier molecular flexibility index (Phi) is 3.44. The summed E-state index contributed by atoms with van der Waals surface area (Å²) in [6.07, 6.45) is 2.05. The third-order valence-corrected chi connectivity index (χ3v) is 6.97. The molecule has 2 atom stereocenters. The van der Waals surface area contributed by atoms with Crippen LogP contribution in [0.2, 0.25) is 0 Å². The molecular formula is C15H19NO2S. The van der Waals surface area contributed by atoms with Crippen LogP contribution in [-0.4, -0.2) is 13.2 Å². The normalized spacial score (nSPS) is 27.2. The van der Waals surface area contributed by atoms with Crippen LogP contribution in [0.3, 0.4) is 0 Å². The van der Waals surface area contributed by atoms with E-state index >= 15 is 0 Å². The van der Waals surface area contributed by atoms with Crippen LogP contribution < -0.4 is 0 Å². The molecule has 4 heteroatoms. The average molecular weight is 277 g/mol.